The van der Waals surface area contributed by atoms with Crippen molar-refractivity contribution in [1.82, 2.24) is 9.44 Å². The Morgan fingerprint density at radius 3 is 2.80 bits per heavy atom. The van der Waals surface area contributed by atoms with Gasteiger partial charge in [-0.3, -0.25) is 9.52 Å². The van der Waals surface area contributed by atoms with E-state index in [1.54, 1.807) is 6.07 Å². The minimum Gasteiger partial charge on any atom is -0.294 e. The molecule has 0 saturated heterocycles. The van der Waals surface area contributed by atoms with Gasteiger partial charge in [0.15, 0.2) is 5.78 Å². The van der Waals surface area contributed by atoms with E-state index >= 15 is 0 Å². The number of hydrogen-bond donors (Lipinski definition) is 2. The Hall–Kier alpha value is -1.73. The second-order valence-electron chi connectivity index (χ2n) is 4.88. The van der Waals surface area contributed by atoms with Crippen LogP contribution in [0.4, 0.5) is 4.39 Å². The fourth-order valence-electron chi connectivity index (χ4n) is 2.63. The van der Waals surface area contributed by atoms with Crippen molar-refractivity contribution in [2.24, 2.45) is 0 Å². The van der Waals surface area contributed by atoms with Gasteiger partial charge in [0.2, 0.25) is 0 Å². The summed E-state index contributed by atoms with van der Waals surface area (Å²) in [6.45, 7) is 0. The summed E-state index contributed by atoms with van der Waals surface area (Å²) >= 11 is 0. The highest BCUT2D eigenvalue weighted by Gasteiger charge is 2.36. The van der Waals surface area contributed by atoms with Crippen molar-refractivity contribution < 1.29 is 17.6 Å². The molecule has 1 aromatic rings. The van der Waals surface area contributed by atoms with E-state index in [1.165, 1.54) is 18.2 Å². The summed E-state index contributed by atoms with van der Waals surface area (Å²) in [6.07, 6.45) is 1.51. The van der Waals surface area contributed by atoms with Crippen LogP contribution in [-0.4, -0.2) is 14.2 Å². The summed E-state index contributed by atoms with van der Waals surface area (Å²) in [6, 6.07) is 4.80. The molecule has 1 aromatic carbocycles. The zero-order chi connectivity index (χ0) is 14.3. The zero-order valence-electron chi connectivity index (χ0n) is 10.5. The van der Waals surface area contributed by atoms with E-state index in [0.29, 0.717) is 36.1 Å². The lowest BCUT2D eigenvalue weighted by atomic mass is 9.87. The number of hydrogen-bond acceptors (Lipinski definition) is 3. The maximum Gasteiger partial charge on any atom is 0.299 e. The number of ketones is 1. The van der Waals surface area contributed by atoms with Gasteiger partial charge in [-0.2, -0.15) is 13.1 Å². The van der Waals surface area contributed by atoms with Crippen LogP contribution in [0.2, 0.25) is 0 Å². The highest BCUT2D eigenvalue weighted by Crippen LogP contribution is 2.34. The Morgan fingerprint density at radius 2 is 2.05 bits per heavy atom. The quantitative estimate of drug-likeness (QED) is 0.820. The van der Waals surface area contributed by atoms with Crippen LogP contribution in [0, 0.1) is 5.82 Å². The summed E-state index contributed by atoms with van der Waals surface area (Å²) in [5.74, 6) is -0.568. The summed E-state index contributed by atoms with van der Waals surface area (Å²) in [5, 5.41) is 0. The van der Waals surface area contributed by atoms with Crippen molar-refractivity contribution in [3.8, 4) is 0 Å². The third kappa shape index (κ3) is 2.34. The Balaban J connectivity index is 2.14. The Labute approximate surface area is 116 Å². The fraction of sp³-hybridized carbons (Fsp3) is 0.308. The largest absolute Gasteiger partial charge is 0.299 e. The number of nitrogens with one attached hydrogen (secondary N) is 2. The molecule has 0 saturated carbocycles. The molecule has 7 heteroatoms. The highest BCUT2D eigenvalue weighted by atomic mass is 32.2. The third-order valence-electron chi connectivity index (χ3n) is 3.46. The van der Waals surface area contributed by atoms with Crippen molar-refractivity contribution in [2.75, 3.05) is 0 Å². The van der Waals surface area contributed by atoms with Crippen LogP contribution in [0.5, 0.6) is 0 Å². The smallest absolute Gasteiger partial charge is 0.294 e. The average Bonchev–Trinajstić information content (AvgIpc) is 2.36. The lowest BCUT2D eigenvalue weighted by Gasteiger charge is -2.32. The van der Waals surface area contributed by atoms with Crippen LogP contribution in [0.3, 0.4) is 0 Å². The van der Waals surface area contributed by atoms with Gasteiger partial charge in [-0.25, -0.2) is 4.39 Å². The first-order valence-corrected chi connectivity index (χ1v) is 7.76. The molecular formula is C13H13FN2O3S. The number of carbonyl (C=O) groups is 1. The molecule has 0 aromatic heterocycles. The molecule has 0 spiro atoms. The number of halogens is 1. The molecule has 0 bridgehead atoms. The molecule has 1 unspecified atom stereocenters. The molecule has 1 aliphatic heterocycles. The van der Waals surface area contributed by atoms with E-state index in [-0.39, 0.29) is 5.78 Å². The normalized spacial score (nSPS) is 25.1. The molecule has 0 radical (unpaired) electrons. The molecule has 5 nitrogen and oxygen atoms in total. The van der Waals surface area contributed by atoms with Crippen molar-refractivity contribution in [2.45, 2.75) is 25.3 Å². The number of benzene rings is 1. The topological polar surface area (TPSA) is 75.3 Å². The van der Waals surface area contributed by atoms with E-state index < -0.39 is 22.1 Å². The van der Waals surface area contributed by atoms with Crippen molar-refractivity contribution in [3.05, 3.63) is 46.9 Å². The van der Waals surface area contributed by atoms with Crippen LogP contribution in [0.1, 0.15) is 30.9 Å². The van der Waals surface area contributed by atoms with Gasteiger partial charge in [-0.15, -0.1) is 0 Å². The molecule has 106 valence electrons. The maximum atomic E-state index is 13.3. The number of allylic oxidation sites excluding steroid dienone is 1. The first-order chi connectivity index (χ1) is 9.46. The molecule has 0 fully saturated rings. The summed E-state index contributed by atoms with van der Waals surface area (Å²) in [4.78, 5) is 12.1. The number of Topliss-reactive ketones (excluding diaryl/α,β-unsaturated/α-hetero) is 1. The summed E-state index contributed by atoms with van der Waals surface area (Å²) < 4.78 is 41.7. The highest BCUT2D eigenvalue weighted by molar-refractivity contribution is 7.87. The summed E-state index contributed by atoms with van der Waals surface area (Å²) in [5.41, 5.74) is 1.25. The lowest BCUT2D eigenvalue weighted by molar-refractivity contribution is -0.116. The Kier molecular flexibility index (Phi) is 3.10. The van der Waals surface area contributed by atoms with Gasteiger partial charge in [0.1, 0.15) is 5.82 Å². The Bertz CT molecular complexity index is 712. The van der Waals surface area contributed by atoms with Crippen LogP contribution in [0.25, 0.3) is 0 Å². The molecule has 2 N–H and O–H groups in total. The van der Waals surface area contributed by atoms with Gasteiger partial charge >= 0.3 is 0 Å². The zero-order valence-corrected chi connectivity index (χ0v) is 11.3. The molecule has 1 heterocycles. The van der Waals surface area contributed by atoms with Crippen LogP contribution in [0.15, 0.2) is 35.5 Å². The molecule has 0 amide bonds. The lowest BCUT2D eigenvalue weighted by Crippen LogP contribution is -2.47. The van der Waals surface area contributed by atoms with Crippen LogP contribution in [-0.2, 0) is 15.0 Å². The van der Waals surface area contributed by atoms with Gasteiger partial charge in [-0.1, -0.05) is 12.1 Å². The molecule has 20 heavy (non-hydrogen) atoms. The van der Waals surface area contributed by atoms with E-state index in [0.717, 1.165) is 0 Å². The van der Waals surface area contributed by atoms with Crippen molar-refractivity contribution >= 4 is 16.0 Å². The third-order valence-corrected chi connectivity index (χ3v) is 4.52. The van der Waals surface area contributed by atoms with E-state index in [4.69, 9.17) is 0 Å². The SMILES string of the molecule is O=C1CCCC2=C1C(c1cccc(F)c1)NS(=O)(=O)N2. The average molecular weight is 296 g/mol. The molecule has 2 aliphatic rings. The number of rotatable bonds is 1. The van der Waals surface area contributed by atoms with E-state index in [1.807, 2.05) is 0 Å². The van der Waals surface area contributed by atoms with Crippen molar-refractivity contribution in [1.29, 1.82) is 0 Å². The van der Waals surface area contributed by atoms with Gasteiger partial charge in [-0.05, 0) is 30.5 Å². The van der Waals surface area contributed by atoms with Crippen molar-refractivity contribution in [3.63, 3.8) is 0 Å². The molecular weight excluding hydrogens is 283 g/mol. The van der Waals surface area contributed by atoms with E-state index in [9.17, 15) is 17.6 Å². The fourth-order valence-corrected chi connectivity index (χ4v) is 3.79. The summed E-state index contributed by atoms with van der Waals surface area (Å²) in [7, 11) is -3.72. The minimum atomic E-state index is -3.72. The standard InChI is InChI=1S/C13H13FN2O3S/c14-9-4-1-3-8(7-9)13-12-10(5-2-6-11(12)17)15-20(18,19)16-13/h1,3-4,7,13,15-16H,2,5-6H2. The predicted octanol–water partition coefficient (Wildman–Crippen LogP) is 1.31. The number of carbonyl (C=O) groups excluding carboxylic acids is 1. The predicted molar refractivity (Wildman–Crippen MR) is 70.2 cm³/mol. The van der Waals surface area contributed by atoms with Crippen LogP contribution >= 0.6 is 0 Å². The molecule has 1 atom stereocenters. The second kappa shape index (κ2) is 4.68. The molecule has 1 aliphatic carbocycles. The second-order valence-corrected chi connectivity index (χ2v) is 6.33. The van der Waals surface area contributed by atoms with E-state index in [2.05, 4.69) is 9.44 Å². The Morgan fingerprint density at radius 1 is 1.25 bits per heavy atom. The minimum absolute atomic E-state index is 0.101. The van der Waals surface area contributed by atoms with Gasteiger partial charge < -0.3 is 0 Å². The first kappa shape index (κ1) is 13.3. The molecule has 3 rings (SSSR count). The first-order valence-electron chi connectivity index (χ1n) is 6.28. The van der Waals surface area contributed by atoms with Gasteiger partial charge in [0, 0.05) is 17.7 Å². The monoisotopic (exact) mass is 296 g/mol. The van der Waals surface area contributed by atoms with Gasteiger partial charge in [0.05, 0.1) is 6.04 Å². The van der Waals surface area contributed by atoms with Gasteiger partial charge in [0.25, 0.3) is 10.2 Å². The van der Waals surface area contributed by atoms with Crippen LogP contribution < -0.4 is 9.44 Å². The maximum absolute atomic E-state index is 13.3.